The molecule has 11 heteroatoms. The van der Waals surface area contributed by atoms with Gasteiger partial charge in [0.1, 0.15) is 11.6 Å². The van der Waals surface area contributed by atoms with Crippen molar-refractivity contribution < 1.29 is 13.2 Å². The topological polar surface area (TPSA) is 107 Å². The monoisotopic (exact) mass is 451 g/mol. The summed E-state index contributed by atoms with van der Waals surface area (Å²) in [6, 6.07) is 8.22. The molecule has 0 aliphatic carbocycles. The third-order valence-electron chi connectivity index (χ3n) is 4.26. The van der Waals surface area contributed by atoms with Crippen LogP contribution >= 0.6 is 23.1 Å². The maximum absolute atomic E-state index is 12.6. The van der Waals surface area contributed by atoms with Gasteiger partial charge in [0, 0.05) is 11.9 Å². The number of aromatic nitrogens is 4. The van der Waals surface area contributed by atoms with Gasteiger partial charge in [0.15, 0.2) is 20.1 Å². The van der Waals surface area contributed by atoms with Crippen molar-refractivity contribution in [2.45, 2.75) is 41.8 Å². The number of amides is 1. The molecule has 1 unspecified atom stereocenters. The lowest BCUT2D eigenvalue weighted by Gasteiger charge is -2.10. The molecule has 2 heterocycles. The number of nitrogens with zero attached hydrogens (tertiary/aromatic N) is 4. The average Bonchev–Trinajstić information content (AvgIpc) is 3.17. The maximum Gasteiger partial charge on any atom is 0.239 e. The molecule has 2 aromatic heterocycles. The fourth-order valence-electron chi connectivity index (χ4n) is 2.40. The molecule has 3 rings (SSSR count). The molecule has 3 aromatic rings. The lowest BCUT2D eigenvalue weighted by molar-refractivity contribution is -0.115. The van der Waals surface area contributed by atoms with Gasteiger partial charge in [-0.25, -0.2) is 13.4 Å². The third kappa shape index (κ3) is 5.03. The molecule has 1 N–H and O–H groups in total. The van der Waals surface area contributed by atoms with Crippen LogP contribution in [0.25, 0.3) is 0 Å². The lowest BCUT2D eigenvalue weighted by atomic mass is 10.4. The van der Waals surface area contributed by atoms with E-state index in [2.05, 4.69) is 20.5 Å². The van der Waals surface area contributed by atoms with Gasteiger partial charge in [-0.1, -0.05) is 30.0 Å². The molecule has 1 atom stereocenters. The number of thioether (sulfide) groups is 1. The van der Waals surface area contributed by atoms with Crippen LogP contribution < -0.4 is 5.32 Å². The number of hydrogen-bond acceptors (Lipinski definition) is 8. The molecule has 29 heavy (non-hydrogen) atoms. The van der Waals surface area contributed by atoms with Crippen molar-refractivity contribution in [2.75, 3.05) is 5.32 Å². The molecule has 0 bridgehead atoms. The van der Waals surface area contributed by atoms with Crippen molar-refractivity contribution >= 4 is 44.0 Å². The van der Waals surface area contributed by atoms with Crippen LogP contribution in [-0.4, -0.2) is 39.3 Å². The van der Waals surface area contributed by atoms with Crippen molar-refractivity contribution in [3.8, 4) is 0 Å². The van der Waals surface area contributed by atoms with E-state index < -0.39 is 15.1 Å². The van der Waals surface area contributed by atoms with E-state index in [9.17, 15) is 13.2 Å². The van der Waals surface area contributed by atoms with Gasteiger partial charge in [0.2, 0.25) is 5.91 Å². The summed E-state index contributed by atoms with van der Waals surface area (Å²) in [5.74, 6) is -0.153. The van der Waals surface area contributed by atoms with E-state index in [-0.39, 0.29) is 16.6 Å². The number of hydrogen-bond donors (Lipinski definition) is 1. The first-order valence-electron chi connectivity index (χ1n) is 8.75. The smallest absolute Gasteiger partial charge is 0.239 e. The summed E-state index contributed by atoms with van der Waals surface area (Å²) in [7, 11) is -1.84. The molecule has 0 spiro atoms. The first kappa shape index (κ1) is 21.5. The minimum Gasteiger partial charge on any atom is -0.308 e. The quantitative estimate of drug-likeness (QED) is 0.550. The van der Waals surface area contributed by atoms with Gasteiger partial charge < -0.3 is 9.88 Å². The predicted molar refractivity (Wildman–Crippen MR) is 114 cm³/mol. The molecule has 154 valence electrons. The van der Waals surface area contributed by atoms with Crippen LogP contribution in [0.4, 0.5) is 5.13 Å². The molecule has 0 radical (unpaired) electrons. The van der Waals surface area contributed by atoms with E-state index in [1.807, 2.05) is 13.8 Å². The SMILES string of the molecule is Cc1nc(NC(=O)C(C)Sc2nnc(CS(=O)(=O)c3ccccc3)n2C)sc1C. The van der Waals surface area contributed by atoms with Gasteiger partial charge in [-0.3, -0.25) is 4.79 Å². The largest absolute Gasteiger partial charge is 0.308 e. The molecule has 0 fully saturated rings. The van der Waals surface area contributed by atoms with E-state index in [0.717, 1.165) is 10.6 Å². The first-order chi connectivity index (χ1) is 13.7. The zero-order valence-corrected chi connectivity index (χ0v) is 18.9. The molecule has 8 nitrogen and oxygen atoms in total. The molecule has 0 saturated heterocycles. The highest BCUT2D eigenvalue weighted by molar-refractivity contribution is 8.00. The fraction of sp³-hybridized carbons (Fsp3) is 0.333. The summed E-state index contributed by atoms with van der Waals surface area (Å²) < 4.78 is 26.7. The van der Waals surface area contributed by atoms with E-state index >= 15 is 0 Å². The normalized spacial score (nSPS) is 12.7. The number of anilines is 1. The summed E-state index contributed by atoms with van der Waals surface area (Å²) in [5, 5.41) is 11.4. The Morgan fingerprint density at radius 2 is 1.93 bits per heavy atom. The molecular weight excluding hydrogens is 430 g/mol. The maximum atomic E-state index is 12.6. The Hall–Kier alpha value is -2.24. The van der Waals surface area contributed by atoms with Crippen molar-refractivity contribution in [3.05, 3.63) is 46.7 Å². The van der Waals surface area contributed by atoms with Gasteiger partial charge in [-0.2, -0.15) is 0 Å². The second-order valence-electron chi connectivity index (χ2n) is 6.44. The van der Waals surface area contributed by atoms with Crippen LogP contribution in [0, 0.1) is 13.8 Å². The van der Waals surface area contributed by atoms with E-state index in [1.54, 1.807) is 48.9 Å². The van der Waals surface area contributed by atoms with Crippen LogP contribution in [0.15, 0.2) is 40.4 Å². The predicted octanol–water partition coefficient (Wildman–Crippen LogP) is 2.98. The number of nitrogens with one attached hydrogen (secondary N) is 1. The molecule has 0 saturated carbocycles. The standard InChI is InChI=1S/C18H21N5O3S3/c1-11-12(2)27-17(19-11)20-16(24)13(3)28-18-22-21-15(23(18)4)10-29(25,26)14-8-6-5-7-9-14/h5-9,13H,10H2,1-4H3,(H,19,20,24). The Labute approximate surface area is 177 Å². The number of rotatable bonds is 7. The molecular formula is C18H21N5O3S3. The number of sulfone groups is 1. The minimum absolute atomic E-state index is 0.204. The van der Waals surface area contributed by atoms with Crippen LogP contribution in [0.5, 0.6) is 0 Å². The van der Waals surface area contributed by atoms with Crippen LogP contribution in [0.2, 0.25) is 0 Å². The number of benzene rings is 1. The average molecular weight is 452 g/mol. The Morgan fingerprint density at radius 3 is 2.55 bits per heavy atom. The van der Waals surface area contributed by atoms with Crippen molar-refractivity contribution in [1.82, 2.24) is 19.7 Å². The number of carbonyl (C=O) groups is 1. The summed E-state index contributed by atoms with van der Waals surface area (Å²) in [6.45, 7) is 5.60. The fourth-order valence-corrected chi connectivity index (χ4v) is 5.38. The summed E-state index contributed by atoms with van der Waals surface area (Å²) in [6.07, 6.45) is 0. The lowest BCUT2D eigenvalue weighted by Crippen LogP contribution is -2.22. The van der Waals surface area contributed by atoms with Gasteiger partial charge in [0.05, 0.1) is 15.8 Å². The Morgan fingerprint density at radius 1 is 1.24 bits per heavy atom. The van der Waals surface area contributed by atoms with E-state index in [4.69, 9.17) is 0 Å². The number of carbonyl (C=O) groups excluding carboxylic acids is 1. The number of aryl methyl sites for hydroxylation is 2. The summed E-state index contributed by atoms with van der Waals surface area (Å²) in [5.41, 5.74) is 0.892. The van der Waals surface area contributed by atoms with Crippen LogP contribution in [-0.2, 0) is 27.4 Å². The van der Waals surface area contributed by atoms with Crippen LogP contribution in [0.1, 0.15) is 23.3 Å². The van der Waals surface area contributed by atoms with Gasteiger partial charge in [-0.15, -0.1) is 21.5 Å². The van der Waals surface area contributed by atoms with Crippen molar-refractivity contribution in [1.29, 1.82) is 0 Å². The molecule has 0 aliphatic heterocycles. The first-order valence-corrected chi connectivity index (χ1v) is 12.1. The number of thiazole rings is 1. The Kier molecular flexibility index (Phi) is 6.39. The highest BCUT2D eigenvalue weighted by Gasteiger charge is 2.23. The zero-order chi connectivity index (χ0) is 21.2. The van der Waals surface area contributed by atoms with Crippen molar-refractivity contribution in [3.63, 3.8) is 0 Å². The Balaban J connectivity index is 1.68. The molecule has 1 aromatic carbocycles. The second kappa shape index (κ2) is 8.64. The van der Waals surface area contributed by atoms with Gasteiger partial charge >= 0.3 is 0 Å². The molecule has 0 aliphatic rings. The summed E-state index contributed by atoms with van der Waals surface area (Å²) in [4.78, 5) is 18.0. The van der Waals surface area contributed by atoms with Crippen LogP contribution in [0.3, 0.4) is 0 Å². The Bertz CT molecular complexity index is 1100. The van der Waals surface area contributed by atoms with E-state index in [1.165, 1.54) is 23.1 Å². The third-order valence-corrected chi connectivity index (χ3v) is 8.01. The highest BCUT2D eigenvalue weighted by atomic mass is 32.2. The van der Waals surface area contributed by atoms with Gasteiger partial charge in [-0.05, 0) is 32.9 Å². The van der Waals surface area contributed by atoms with Crippen molar-refractivity contribution in [2.24, 2.45) is 7.05 Å². The second-order valence-corrected chi connectivity index (χ2v) is 10.9. The van der Waals surface area contributed by atoms with E-state index in [0.29, 0.717) is 16.1 Å². The summed E-state index contributed by atoms with van der Waals surface area (Å²) >= 11 is 2.64. The highest BCUT2D eigenvalue weighted by Crippen LogP contribution is 2.26. The molecule has 1 amide bonds. The minimum atomic E-state index is -3.53. The van der Waals surface area contributed by atoms with Gasteiger partial charge in [0.25, 0.3) is 0 Å². The zero-order valence-electron chi connectivity index (χ0n) is 16.4.